The highest BCUT2D eigenvalue weighted by Gasteiger charge is 2.42. The Kier molecular flexibility index (Phi) is 11.0. The Bertz CT molecular complexity index is 2620. The van der Waals surface area contributed by atoms with E-state index in [0.717, 1.165) is 69.4 Å². The first-order chi connectivity index (χ1) is 30.6. The van der Waals surface area contributed by atoms with Gasteiger partial charge in [0.1, 0.15) is 11.5 Å². The lowest BCUT2D eigenvalue weighted by molar-refractivity contribution is -0.134. The first-order valence-electron chi connectivity index (χ1n) is 21.6. The van der Waals surface area contributed by atoms with Crippen LogP contribution in [0.1, 0.15) is 101 Å². The number of carbonyl (C=O) groups excluding carboxylic acids is 5. The van der Waals surface area contributed by atoms with E-state index in [1.807, 2.05) is 27.8 Å². The summed E-state index contributed by atoms with van der Waals surface area (Å²) < 4.78 is 19.5. The molecule has 1 unspecified atom stereocenters. The van der Waals surface area contributed by atoms with E-state index in [-0.39, 0.29) is 41.8 Å². The van der Waals surface area contributed by atoms with E-state index in [2.05, 4.69) is 47.7 Å². The van der Waals surface area contributed by atoms with Crippen LogP contribution in [0.2, 0.25) is 0 Å². The Labute approximate surface area is 366 Å². The molecule has 3 aromatic heterocycles. The number of hydrogen-bond acceptors (Lipinski definition) is 11. The van der Waals surface area contributed by atoms with Crippen molar-refractivity contribution in [2.24, 2.45) is 4.99 Å². The Morgan fingerprint density at radius 3 is 2.48 bits per heavy atom. The minimum Gasteiger partial charge on any atom is -0.342 e. The van der Waals surface area contributed by atoms with Crippen LogP contribution in [-0.2, 0) is 38.7 Å². The second-order valence-corrected chi connectivity index (χ2v) is 17.8. The molecule has 18 heteroatoms. The van der Waals surface area contributed by atoms with E-state index < -0.39 is 29.6 Å². The summed E-state index contributed by atoms with van der Waals surface area (Å²) in [6.07, 6.45) is 12.6. The number of carbonyl (C=O) groups is 5. The van der Waals surface area contributed by atoms with Crippen LogP contribution >= 0.6 is 11.3 Å². The number of imide groups is 1. The van der Waals surface area contributed by atoms with Crippen molar-refractivity contribution in [3.05, 3.63) is 106 Å². The number of amides is 5. The van der Waals surface area contributed by atoms with Crippen molar-refractivity contribution in [2.75, 3.05) is 38.0 Å². The average molecular weight is 872 g/mol. The van der Waals surface area contributed by atoms with E-state index >= 15 is 4.39 Å². The molecular weight excluding hydrogens is 826 g/mol. The van der Waals surface area contributed by atoms with Crippen molar-refractivity contribution in [3.63, 3.8) is 0 Å². The molecule has 2 aromatic carbocycles. The second-order valence-electron chi connectivity index (χ2n) is 16.9. The second kappa shape index (κ2) is 17.0. The van der Waals surface area contributed by atoms with Gasteiger partial charge in [-0.3, -0.25) is 39.5 Å². The molecule has 3 fully saturated rings. The van der Waals surface area contributed by atoms with Crippen molar-refractivity contribution in [1.29, 1.82) is 0 Å². The minimum atomic E-state index is -1.07. The standard InChI is InChI=1S/C45H46FN11O5S/c46-35-21-32(20-33-34(35)24-56(44(33)62)41(43(61)52-45-47-13-19-63-45)40-37-2-1-14-55(37)26-48-40)57-23-30(22-49-57)29-11-17-54(18-12-29)39(59)25-53-15-9-28(10-16-53)27-3-5-31(6-4-27)50-36-7-8-38(58)51-42(36)60/h3-6,13,19-23,26,28-29,41H,1-2,7-12,14-18,24-25H2,(H,47,52,61)(H,51,58,60). The van der Waals surface area contributed by atoms with Gasteiger partial charge >= 0.3 is 0 Å². The SMILES string of the molecule is O=C1CCC(=Nc2ccc(C3CCN(CC(=O)N4CCC(c5cnn(-c6cc(F)c7c(c6)C(=O)N(C(C(=O)Nc6nccs6)c6ncn8c6CCC8)C7)c5)CC4)CC3)cc2)C(=O)N1. The molecule has 0 radical (unpaired) electrons. The van der Waals surface area contributed by atoms with Crippen molar-refractivity contribution >= 4 is 57.4 Å². The Balaban J connectivity index is 0.735. The third-order valence-corrected chi connectivity index (χ3v) is 13.8. The fourth-order valence-corrected chi connectivity index (χ4v) is 10.2. The smallest absolute Gasteiger partial charge is 0.272 e. The zero-order valence-corrected chi connectivity index (χ0v) is 35.4. The van der Waals surface area contributed by atoms with E-state index in [4.69, 9.17) is 0 Å². The molecule has 0 saturated carbocycles. The topological polar surface area (TPSA) is 180 Å². The Morgan fingerprint density at radius 2 is 1.71 bits per heavy atom. The molecule has 63 heavy (non-hydrogen) atoms. The number of imidazole rings is 1. The molecule has 0 bridgehead atoms. The molecule has 0 spiro atoms. The van der Waals surface area contributed by atoms with Crippen LogP contribution in [-0.4, -0.2) is 107 Å². The minimum absolute atomic E-state index is 0.0789. The van der Waals surface area contributed by atoms with E-state index in [1.54, 1.807) is 34.8 Å². The number of anilines is 1. The number of hydrogen-bond donors (Lipinski definition) is 2. The van der Waals surface area contributed by atoms with Crippen LogP contribution in [0, 0.1) is 5.82 Å². The highest BCUT2D eigenvalue weighted by atomic mass is 32.1. The van der Waals surface area contributed by atoms with Crippen LogP contribution in [0.5, 0.6) is 0 Å². The zero-order valence-electron chi connectivity index (χ0n) is 34.5. The summed E-state index contributed by atoms with van der Waals surface area (Å²) in [4.78, 5) is 83.7. The third kappa shape index (κ3) is 8.20. The Hall–Kier alpha value is -6.40. The molecule has 5 aliphatic rings. The number of nitrogens with one attached hydrogen (secondary N) is 2. The number of piperidine rings is 3. The van der Waals surface area contributed by atoms with Crippen LogP contribution in [0.3, 0.4) is 0 Å². The van der Waals surface area contributed by atoms with Gasteiger partial charge in [-0.15, -0.1) is 11.3 Å². The van der Waals surface area contributed by atoms with Gasteiger partial charge in [-0.2, -0.15) is 5.10 Å². The molecule has 16 nitrogen and oxygen atoms in total. The predicted octanol–water partition coefficient (Wildman–Crippen LogP) is 5.04. The summed E-state index contributed by atoms with van der Waals surface area (Å²) >= 11 is 1.27. The van der Waals surface area contributed by atoms with Gasteiger partial charge in [0.25, 0.3) is 17.7 Å². The van der Waals surface area contributed by atoms with Gasteiger partial charge in [-0.05, 0) is 98.8 Å². The molecule has 10 rings (SSSR count). The van der Waals surface area contributed by atoms with E-state index in [9.17, 15) is 24.0 Å². The fraction of sp³-hybridized carbons (Fsp3) is 0.400. The molecule has 5 aliphatic heterocycles. The van der Waals surface area contributed by atoms with Crippen LogP contribution < -0.4 is 10.6 Å². The lowest BCUT2D eigenvalue weighted by atomic mass is 9.89. The largest absolute Gasteiger partial charge is 0.342 e. The number of aliphatic imine (C=N–C) groups is 1. The summed E-state index contributed by atoms with van der Waals surface area (Å²) in [6, 6.07) is 9.90. The molecule has 0 aliphatic carbocycles. The first-order valence-corrected chi connectivity index (χ1v) is 22.5. The molecule has 2 N–H and O–H groups in total. The molecule has 1 atom stereocenters. The normalized spacial score (nSPS) is 19.7. The summed E-state index contributed by atoms with van der Waals surface area (Å²) in [5, 5.41) is 11.9. The predicted molar refractivity (Wildman–Crippen MR) is 230 cm³/mol. The zero-order chi connectivity index (χ0) is 43.2. The number of fused-ring (bicyclic) bond motifs is 2. The maximum atomic E-state index is 15.9. The molecule has 3 saturated heterocycles. The lowest BCUT2D eigenvalue weighted by Crippen LogP contribution is -2.45. The maximum Gasteiger partial charge on any atom is 0.272 e. The summed E-state index contributed by atoms with van der Waals surface area (Å²) in [7, 11) is 0. The maximum absolute atomic E-state index is 15.9. The number of likely N-dealkylation sites (tertiary alicyclic amines) is 2. The quantitative estimate of drug-likeness (QED) is 0.182. The lowest BCUT2D eigenvalue weighted by Gasteiger charge is -2.35. The first kappa shape index (κ1) is 40.7. The van der Waals surface area contributed by atoms with Gasteiger partial charge in [0.2, 0.25) is 11.8 Å². The number of aromatic nitrogens is 5. The molecular formula is C45H46FN11O5S. The Morgan fingerprint density at radius 1 is 0.937 bits per heavy atom. The number of nitrogens with zero attached hydrogens (tertiary/aromatic N) is 9. The van der Waals surface area contributed by atoms with Crippen molar-refractivity contribution in [2.45, 2.75) is 82.3 Å². The van der Waals surface area contributed by atoms with Crippen LogP contribution in [0.15, 0.2) is 71.7 Å². The van der Waals surface area contributed by atoms with Crippen LogP contribution in [0.25, 0.3) is 5.69 Å². The number of rotatable bonds is 10. The highest BCUT2D eigenvalue weighted by molar-refractivity contribution is 7.13. The van der Waals surface area contributed by atoms with E-state index in [0.29, 0.717) is 59.9 Å². The van der Waals surface area contributed by atoms with Gasteiger partial charge in [0.15, 0.2) is 11.2 Å². The number of halogens is 1. The van der Waals surface area contributed by atoms with Crippen LogP contribution in [0.4, 0.5) is 15.2 Å². The third-order valence-electron chi connectivity index (χ3n) is 13.1. The monoisotopic (exact) mass is 871 g/mol. The number of thiazole rings is 1. The molecule has 8 heterocycles. The number of benzene rings is 2. The van der Waals surface area contributed by atoms with Gasteiger partial charge < -0.3 is 14.4 Å². The van der Waals surface area contributed by atoms with Gasteiger partial charge in [0.05, 0.1) is 42.7 Å². The van der Waals surface area contributed by atoms with Gasteiger partial charge in [-0.1, -0.05) is 12.1 Å². The summed E-state index contributed by atoms with van der Waals surface area (Å²) in [6.45, 7) is 4.01. The van der Waals surface area contributed by atoms with Crippen molar-refractivity contribution < 1.29 is 28.4 Å². The summed E-state index contributed by atoms with van der Waals surface area (Å²) in [5.41, 5.74) is 5.48. The highest BCUT2D eigenvalue weighted by Crippen LogP contribution is 2.38. The summed E-state index contributed by atoms with van der Waals surface area (Å²) in [5.74, 6) is -1.47. The number of aryl methyl sites for hydroxylation is 1. The molecule has 324 valence electrons. The average Bonchev–Trinajstić information content (AvgIpc) is 4.15. The van der Waals surface area contributed by atoms with Crippen molar-refractivity contribution in [3.8, 4) is 5.69 Å². The fourth-order valence-electron chi connectivity index (χ4n) is 9.67. The van der Waals surface area contributed by atoms with E-state index in [1.165, 1.54) is 27.9 Å². The molecule has 5 aromatic rings. The van der Waals surface area contributed by atoms with Gasteiger partial charge in [-0.25, -0.2) is 24.0 Å². The molecule has 5 amide bonds. The van der Waals surface area contributed by atoms with Crippen molar-refractivity contribution in [1.82, 2.24) is 44.3 Å². The van der Waals surface area contributed by atoms with Gasteiger partial charge in [0, 0.05) is 67.1 Å².